The van der Waals surface area contributed by atoms with Crippen LogP contribution in [0.4, 0.5) is 5.95 Å². The Labute approximate surface area is 85.2 Å². The lowest BCUT2D eigenvalue weighted by molar-refractivity contribution is 0.721. The predicted octanol–water partition coefficient (Wildman–Crippen LogP) is 1.09. The highest BCUT2D eigenvalue weighted by Gasteiger charge is 2.09. The van der Waals surface area contributed by atoms with E-state index in [1.165, 1.54) is 0 Å². The predicted molar refractivity (Wildman–Crippen MR) is 58.2 cm³/mol. The highest BCUT2D eigenvalue weighted by molar-refractivity contribution is 5.32. The molecular formula is C10H18N4. The fourth-order valence-corrected chi connectivity index (χ4v) is 1.11. The smallest absolute Gasteiger partial charge is 0.225 e. The quantitative estimate of drug-likeness (QED) is 0.782. The third-order valence-corrected chi connectivity index (χ3v) is 2.19. The summed E-state index contributed by atoms with van der Waals surface area (Å²) in [5, 5.41) is 0. The fraction of sp³-hybridized carbons (Fsp3) is 0.600. The Morgan fingerprint density at radius 1 is 1.43 bits per heavy atom. The van der Waals surface area contributed by atoms with Crippen molar-refractivity contribution in [3.63, 3.8) is 0 Å². The second-order valence-electron chi connectivity index (χ2n) is 3.71. The average Bonchev–Trinajstić information content (AvgIpc) is 2.15. The summed E-state index contributed by atoms with van der Waals surface area (Å²) in [6.07, 6.45) is 0. The van der Waals surface area contributed by atoms with E-state index in [1.807, 2.05) is 24.9 Å². The minimum absolute atomic E-state index is 0.391. The Morgan fingerprint density at radius 2 is 2.07 bits per heavy atom. The van der Waals surface area contributed by atoms with Crippen LogP contribution in [-0.2, 0) is 6.54 Å². The summed E-state index contributed by atoms with van der Waals surface area (Å²) in [6.45, 7) is 6.63. The van der Waals surface area contributed by atoms with Gasteiger partial charge in [0.1, 0.15) is 0 Å². The number of nitrogens with zero attached hydrogens (tertiary/aromatic N) is 3. The zero-order chi connectivity index (χ0) is 10.7. The molecule has 0 aromatic carbocycles. The molecule has 14 heavy (non-hydrogen) atoms. The lowest BCUT2D eigenvalue weighted by atomic mass is 10.3. The van der Waals surface area contributed by atoms with Crippen LogP contribution in [0.3, 0.4) is 0 Å². The number of aryl methyl sites for hydroxylation is 1. The molecule has 1 heterocycles. The topological polar surface area (TPSA) is 55.0 Å². The zero-order valence-electron chi connectivity index (χ0n) is 9.28. The molecule has 0 saturated heterocycles. The first-order chi connectivity index (χ1) is 6.54. The first-order valence-electron chi connectivity index (χ1n) is 4.82. The molecule has 1 rings (SSSR count). The third-order valence-electron chi connectivity index (χ3n) is 2.19. The van der Waals surface area contributed by atoms with E-state index in [1.54, 1.807) is 0 Å². The molecule has 0 spiro atoms. The fourth-order valence-electron chi connectivity index (χ4n) is 1.11. The van der Waals surface area contributed by atoms with Gasteiger partial charge >= 0.3 is 0 Å². The van der Waals surface area contributed by atoms with Crippen LogP contribution < -0.4 is 10.6 Å². The third kappa shape index (κ3) is 2.42. The van der Waals surface area contributed by atoms with Crippen LogP contribution in [0.2, 0.25) is 0 Å². The van der Waals surface area contributed by atoms with Crippen LogP contribution in [-0.4, -0.2) is 23.1 Å². The molecule has 78 valence electrons. The standard InChI is InChI=1S/C10H18N4/c1-7(2)14(4)10-12-8(3)5-9(6-11)13-10/h5,7H,6,11H2,1-4H3. The molecular weight excluding hydrogens is 176 g/mol. The van der Waals surface area contributed by atoms with Crippen molar-refractivity contribution in [3.8, 4) is 0 Å². The lowest BCUT2D eigenvalue weighted by Crippen LogP contribution is -2.28. The van der Waals surface area contributed by atoms with Crippen LogP contribution in [0.25, 0.3) is 0 Å². The highest BCUT2D eigenvalue weighted by Crippen LogP contribution is 2.10. The number of rotatable bonds is 3. The molecule has 4 nitrogen and oxygen atoms in total. The van der Waals surface area contributed by atoms with Crippen LogP contribution in [0.5, 0.6) is 0 Å². The van der Waals surface area contributed by atoms with Gasteiger partial charge in [-0.1, -0.05) is 0 Å². The summed E-state index contributed by atoms with van der Waals surface area (Å²) in [6, 6.07) is 2.31. The van der Waals surface area contributed by atoms with Gasteiger partial charge in [-0.3, -0.25) is 0 Å². The first-order valence-corrected chi connectivity index (χ1v) is 4.82. The SMILES string of the molecule is Cc1cc(CN)nc(N(C)C(C)C)n1. The van der Waals surface area contributed by atoms with Crippen molar-refractivity contribution in [2.24, 2.45) is 5.73 Å². The number of aromatic nitrogens is 2. The Kier molecular flexibility index (Phi) is 3.41. The number of anilines is 1. The van der Waals surface area contributed by atoms with Gasteiger partial charge in [-0.25, -0.2) is 9.97 Å². The molecule has 0 radical (unpaired) electrons. The van der Waals surface area contributed by atoms with E-state index >= 15 is 0 Å². The van der Waals surface area contributed by atoms with Crippen molar-refractivity contribution in [1.82, 2.24) is 9.97 Å². The monoisotopic (exact) mass is 194 g/mol. The van der Waals surface area contributed by atoms with Crippen molar-refractivity contribution in [2.45, 2.75) is 33.4 Å². The van der Waals surface area contributed by atoms with Gasteiger partial charge in [-0.05, 0) is 26.8 Å². The summed E-state index contributed by atoms with van der Waals surface area (Å²) in [4.78, 5) is 10.8. The van der Waals surface area contributed by atoms with Crippen LogP contribution in [0, 0.1) is 6.92 Å². The van der Waals surface area contributed by atoms with Gasteiger partial charge in [-0.15, -0.1) is 0 Å². The minimum Gasteiger partial charge on any atom is -0.341 e. The van der Waals surface area contributed by atoms with Crippen LogP contribution in [0.15, 0.2) is 6.07 Å². The maximum absolute atomic E-state index is 5.56. The van der Waals surface area contributed by atoms with Crippen molar-refractivity contribution in [1.29, 1.82) is 0 Å². The molecule has 0 saturated carbocycles. The second kappa shape index (κ2) is 4.37. The summed E-state index contributed by atoms with van der Waals surface area (Å²) in [7, 11) is 1.99. The van der Waals surface area contributed by atoms with Crippen molar-refractivity contribution in [3.05, 3.63) is 17.5 Å². The summed E-state index contributed by atoms with van der Waals surface area (Å²) in [5.41, 5.74) is 7.41. The zero-order valence-corrected chi connectivity index (χ0v) is 9.28. The molecule has 2 N–H and O–H groups in total. The van der Waals surface area contributed by atoms with E-state index in [9.17, 15) is 0 Å². The molecule has 0 aliphatic heterocycles. The van der Waals surface area contributed by atoms with Gasteiger partial charge in [0.15, 0.2) is 0 Å². The van der Waals surface area contributed by atoms with Gasteiger partial charge in [0.05, 0.1) is 5.69 Å². The van der Waals surface area contributed by atoms with Crippen molar-refractivity contribution >= 4 is 5.95 Å². The number of hydrogen-bond acceptors (Lipinski definition) is 4. The van der Waals surface area contributed by atoms with E-state index in [4.69, 9.17) is 5.73 Å². The van der Waals surface area contributed by atoms with Crippen molar-refractivity contribution < 1.29 is 0 Å². The number of hydrogen-bond donors (Lipinski definition) is 1. The second-order valence-corrected chi connectivity index (χ2v) is 3.71. The molecule has 0 atom stereocenters. The molecule has 1 aromatic rings. The Hall–Kier alpha value is -1.16. The van der Waals surface area contributed by atoms with Gasteiger partial charge in [-0.2, -0.15) is 0 Å². The Bertz CT molecular complexity index is 309. The molecule has 4 heteroatoms. The van der Waals surface area contributed by atoms with Gasteiger partial charge in [0.2, 0.25) is 5.95 Å². The summed E-state index contributed by atoms with van der Waals surface area (Å²) >= 11 is 0. The molecule has 0 aliphatic carbocycles. The minimum atomic E-state index is 0.391. The first kappa shape index (κ1) is 10.9. The summed E-state index contributed by atoms with van der Waals surface area (Å²) in [5.74, 6) is 0.750. The average molecular weight is 194 g/mol. The Balaban J connectivity index is 3.02. The van der Waals surface area contributed by atoms with Gasteiger partial charge in [0.25, 0.3) is 0 Å². The summed E-state index contributed by atoms with van der Waals surface area (Å²) < 4.78 is 0. The molecule has 0 bridgehead atoms. The maximum atomic E-state index is 5.56. The van der Waals surface area contributed by atoms with E-state index in [0.717, 1.165) is 17.3 Å². The molecule has 1 aromatic heterocycles. The number of nitrogens with two attached hydrogens (primary N) is 1. The van der Waals surface area contributed by atoms with E-state index in [2.05, 4.69) is 23.8 Å². The van der Waals surface area contributed by atoms with E-state index < -0.39 is 0 Å². The molecule has 0 fully saturated rings. The van der Waals surface area contributed by atoms with Gasteiger partial charge < -0.3 is 10.6 Å². The normalized spacial score (nSPS) is 10.7. The largest absolute Gasteiger partial charge is 0.341 e. The van der Waals surface area contributed by atoms with E-state index in [-0.39, 0.29) is 0 Å². The Morgan fingerprint density at radius 3 is 2.57 bits per heavy atom. The van der Waals surface area contributed by atoms with Gasteiger partial charge in [0, 0.05) is 25.3 Å². The lowest BCUT2D eigenvalue weighted by Gasteiger charge is -2.21. The van der Waals surface area contributed by atoms with Crippen LogP contribution >= 0.6 is 0 Å². The maximum Gasteiger partial charge on any atom is 0.225 e. The van der Waals surface area contributed by atoms with Crippen molar-refractivity contribution in [2.75, 3.05) is 11.9 Å². The molecule has 0 amide bonds. The molecule has 0 unspecified atom stereocenters. The van der Waals surface area contributed by atoms with E-state index in [0.29, 0.717) is 12.6 Å². The van der Waals surface area contributed by atoms with Crippen LogP contribution in [0.1, 0.15) is 25.2 Å². The molecule has 0 aliphatic rings. The highest BCUT2D eigenvalue weighted by atomic mass is 15.2.